The molecule has 0 N–H and O–H groups in total. The minimum Gasteiger partial charge on any atom is -0.491 e. The fraction of sp³-hybridized carbons (Fsp3) is 0.333. The van der Waals surface area contributed by atoms with Gasteiger partial charge in [0, 0.05) is 0 Å². The molecule has 0 spiro atoms. The van der Waals surface area contributed by atoms with Gasteiger partial charge in [0.25, 0.3) is 0 Å². The van der Waals surface area contributed by atoms with Crippen molar-refractivity contribution in [3.8, 4) is 5.75 Å². The standard InChI is InChI=1S/C9H11Cl3OSi/c1-7(2)13-8-3-5-9(6-4-8)14(10,11)12/h3-7H,1-2H3. The summed E-state index contributed by atoms with van der Waals surface area (Å²) in [5.41, 5.74) is 0. The summed E-state index contributed by atoms with van der Waals surface area (Å²) in [6, 6.07) is 4.52. The lowest BCUT2D eigenvalue weighted by Crippen LogP contribution is -2.29. The van der Waals surface area contributed by atoms with Crippen LogP contribution in [0.4, 0.5) is 0 Å². The number of rotatable bonds is 3. The van der Waals surface area contributed by atoms with E-state index in [1.807, 2.05) is 26.0 Å². The van der Waals surface area contributed by atoms with Crippen LogP contribution >= 0.6 is 33.2 Å². The summed E-state index contributed by atoms with van der Waals surface area (Å²) in [6.45, 7) is 3.94. The van der Waals surface area contributed by atoms with Gasteiger partial charge in [-0.15, -0.1) is 33.2 Å². The molecule has 0 atom stereocenters. The second kappa shape index (κ2) is 4.75. The van der Waals surface area contributed by atoms with E-state index >= 15 is 0 Å². The summed E-state index contributed by atoms with van der Waals surface area (Å²) in [5.74, 6) is 0.798. The second-order valence-electron chi connectivity index (χ2n) is 3.19. The second-order valence-corrected chi connectivity index (χ2v) is 11.6. The SMILES string of the molecule is CC(C)Oc1ccc([Si](Cl)(Cl)Cl)cc1. The lowest BCUT2D eigenvalue weighted by Gasteiger charge is -2.12. The van der Waals surface area contributed by atoms with Crippen molar-refractivity contribution in [2.75, 3.05) is 0 Å². The average Bonchev–Trinajstić information content (AvgIpc) is 2.02. The van der Waals surface area contributed by atoms with Crippen molar-refractivity contribution in [3.05, 3.63) is 24.3 Å². The Morgan fingerprint density at radius 2 is 1.57 bits per heavy atom. The highest BCUT2D eigenvalue weighted by atomic mass is 35.8. The summed E-state index contributed by atoms with van der Waals surface area (Å²) in [7, 11) is 0. The van der Waals surface area contributed by atoms with Crippen LogP contribution in [0.2, 0.25) is 0 Å². The van der Waals surface area contributed by atoms with Crippen LogP contribution in [-0.4, -0.2) is 12.1 Å². The van der Waals surface area contributed by atoms with E-state index in [1.165, 1.54) is 0 Å². The Kier molecular flexibility index (Phi) is 4.13. The highest BCUT2D eigenvalue weighted by Gasteiger charge is 2.27. The molecule has 0 aliphatic rings. The summed E-state index contributed by atoms with van der Waals surface area (Å²) < 4.78 is 5.47. The monoisotopic (exact) mass is 268 g/mol. The molecule has 0 bridgehead atoms. The van der Waals surface area contributed by atoms with Crippen LogP contribution in [-0.2, 0) is 0 Å². The van der Waals surface area contributed by atoms with Crippen LogP contribution < -0.4 is 9.92 Å². The highest BCUT2D eigenvalue weighted by molar-refractivity contribution is 7.69. The minimum absolute atomic E-state index is 0.158. The number of ether oxygens (including phenoxy) is 1. The van der Waals surface area contributed by atoms with Crippen molar-refractivity contribution in [1.82, 2.24) is 0 Å². The van der Waals surface area contributed by atoms with Crippen molar-refractivity contribution in [2.45, 2.75) is 20.0 Å². The Labute approximate surface area is 99.0 Å². The van der Waals surface area contributed by atoms with E-state index in [2.05, 4.69) is 0 Å². The molecule has 5 heteroatoms. The largest absolute Gasteiger partial charge is 0.491 e. The van der Waals surface area contributed by atoms with Gasteiger partial charge in [-0.1, -0.05) is 12.1 Å². The van der Waals surface area contributed by atoms with E-state index in [1.54, 1.807) is 12.1 Å². The van der Waals surface area contributed by atoms with Gasteiger partial charge in [0.05, 0.1) is 6.10 Å². The first kappa shape index (κ1) is 12.2. The molecule has 14 heavy (non-hydrogen) atoms. The van der Waals surface area contributed by atoms with E-state index in [0.717, 1.165) is 10.9 Å². The summed E-state index contributed by atoms with van der Waals surface area (Å²) in [6.07, 6.45) is 0.158. The molecular weight excluding hydrogens is 259 g/mol. The number of hydrogen-bond donors (Lipinski definition) is 0. The zero-order valence-electron chi connectivity index (χ0n) is 7.93. The fourth-order valence-electron chi connectivity index (χ4n) is 0.995. The van der Waals surface area contributed by atoms with Gasteiger partial charge in [0.2, 0.25) is 0 Å². The zero-order valence-corrected chi connectivity index (χ0v) is 11.2. The molecular formula is C9H11Cl3OSi. The van der Waals surface area contributed by atoms with Crippen LogP contribution in [0.1, 0.15) is 13.8 Å². The molecule has 78 valence electrons. The zero-order chi connectivity index (χ0) is 10.8. The molecule has 0 aromatic heterocycles. The average molecular weight is 270 g/mol. The first-order valence-corrected chi connectivity index (χ1v) is 9.27. The van der Waals surface area contributed by atoms with Crippen LogP contribution in [0, 0.1) is 0 Å². The normalized spacial score (nSPS) is 11.9. The van der Waals surface area contributed by atoms with Crippen LogP contribution in [0.25, 0.3) is 0 Å². The third kappa shape index (κ3) is 3.69. The molecule has 0 radical (unpaired) electrons. The molecule has 0 heterocycles. The molecule has 1 rings (SSSR count). The van der Waals surface area contributed by atoms with Gasteiger partial charge in [-0.3, -0.25) is 0 Å². The van der Waals surface area contributed by atoms with Crippen molar-refractivity contribution in [2.24, 2.45) is 0 Å². The molecule has 0 unspecified atom stereocenters. The molecule has 0 amide bonds. The number of hydrogen-bond acceptors (Lipinski definition) is 1. The van der Waals surface area contributed by atoms with Gasteiger partial charge in [0.15, 0.2) is 0 Å². The Balaban J connectivity index is 2.79. The lowest BCUT2D eigenvalue weighted by atomic mass is 10.3. The van der Waals surface area contributed by atoms with Gasteiger partial charge >= 0.3 is 6.00 Å². The van der Waals surface area contributed by atoms with E-state index < -0.39 is 6.00 Å². The van der Waals surface area contributed by atoms with Crippen molar-refractivity contribution in [1.29, 1.82) is 0 Å². The van der Waals surface area contributed by atoms with Gasteiger partial charge in [-0.25, -0.2) is 0 Å². The predicted octanol–water partition coefficient (Wildman–Crippen LogP) is 3.34. The van der Waals surface area contributed by atoms with Crippen molar-refractivity contribution < 1.29 is 4.74 Å². The van der Waals surface area contributed by atoms with E-state index in [-0.39, 0.29) is 6.10 Å². The Bertz CT molecular complexity index is 292. The molecule has 0 aliphatic carbocycles. The summed E-state index contributed by atoms with van der Waals surface area (Å²) >= 11 is 17.5. The molecule has 0 saturated carbocycles. The fourth-order valence-corrected chi connectivity index (χ4v) is 2.67. The third-order valence-electron chi connectivity index (χ3n) is 1.55. The quantitative estimate of drug-likeness (QED) is 0.604. The first-order valence-electron chi connectivity index (χ1n) is 4.23. The van der Waals surface area contributed by atoms with Crippen LogP contribution in [0.3, 0.4) is 0 Å². The minimum atomic E-state index is -2.74. The summed E-state index contributed by atoms with van der Waals surface area (Å²) in [4.78, 5) is 0. The number of benzene rings is 1. The van der Waals surface area contributed by atoms with Gasteiger partial charge in [-0.05, 0) is 31.2 Å². The van der Waals surface area contributed by atoms with Crippen molar-refractivity contribution in [3.63, 3.8) is 0 Å². The Morgan fingerprint density at radius 1 is 1.07 bits per heavy atom. The third-order valence-corrected chi connectivity index (χ3v) is 4.51. The summed E-state index contributed by atoms with van der Waals surface area (Å²) in [5, 5.41) is 0.776. The van der Waals surface area contributed by atoms with E-state index in [0.29, 0.717) is 0 Å². The smallest absolute Gasteiger partial charge is 0.372 e. The van der Waals surface area contributed by atoms with Gasteiger partial charge in [0.1, 0.15) is 5.75 Å². The highest BCUT2D eigenvalue weighted by Crippen LogP contribution is 2.21. The molecule has 0 fully saturated rings. The van der Waals surface area contributed by atoms with Crippen LogP contribution in [0.15, 0.2) is 24.3 Å². The molecule has 0 aliphatic heterocycles. The van der Waals surface area contributed by atoms with Crippen molar-refractivity contribution >= 4 is 44.4 Å². The topological polar surface area (TPSA) is 9.23 Å². The predicted molar refractivity (Wildman–Crippen MR) is 65.2 cm³/mol. The maximum Gasteiger partial charge on any atom is 0.372 e. The maximum absolute atomic E-state index is 5.85. The first-order chi connectivity index (χ1) is 6.39. The Hall–Kier alpha value is 0.107. The van der Waals surface area contributed by atoms with Gasteiger partial charge < -0.3 is 4.74 Å². The molecule has 0 saturated heterocycles. The lowest BCUT2D eigenvalue weighted by molar-refractivity contribution is 0.242. The van der Waals surface area contributed by atoms with Gasteiger partial charge in [-0.2, -0.15) is 0 Å². The molecule has 1 nitrogen and oxygen atoms in total. The number of halogens is 3. The molecule has 1 aromatic rings. The van der Waals surface area contributed by atoms with Crippen LogP contribution in [0.5, 0.6) is 5.75 Å². The van der Waals surface area contributed by atoms with E-state index in [9.17, 15) is 0 Å². The Morgan fingerprint density at radius 3 is 1.93 bits per heavy atom. The maximum atomic E-state index is 5.85. The van der Waals surface area contributed by atoms with E-state index in [4.69, 9.17) is 38.0 Å². The molecule has 1 aromatic carbocycles.